The highest BCUT2D eigenvalue weighted by atomic mass is 16.1. The van der Waals surface area contributed by atoms with Gasteiger partial charge in [0.1, 0.15) is 5.82 Å². The summed E-state index contributed by atoms with van der Waals surface area (Å²) in [5.41, 5.74) is 9.22. The standard InChI is InChI=1S/C30H23N3O/c1-18-7-11-20(12-8-18)31-26-16-15-25-28-24(22-5-3-4-6-23(22)30(34)29(26)28)17-27(33-25)32-21-13-9-19(2)10-14-21/h3-17,31H,1-2H3,(H,32,33). The minimum absolute atomic E-state index is 0.0179. The van der Waals surface area contributed by atoms with Crippen molar-refractivity contribution in [2.24, 2.45) is 0 Å². The van der Waals surface area contributed by atoms with Gasteiger partial charge in [-0.15, -0.1) is 0 Å². The SMILES string of the molecule is Cc1ccc(Nc2cc3c4c(c(Nc5ccc(C)cc5)ccc4n2)C(=O)c2ccccc2-3)cc1. The van der Waals surface area contributed by atoms with E-state index in [1.807, 2.05) is 66.7 Å². The van der Waals surface area contributed by atoms with Crippen molar-refractivity contribution in [3.05, 3.63) is 113 Å². The number of fused-ring (bicyclic) bond motifs is 2. The number of anilines is 4. The summed E-state index contributed by atoms with van der Waals surface area (Å²) in [6.45, 7) is 4.13. The molecular weight excluding hydrogens is 418 g/mol. The molecule has 0 amide bonds. The number of nitrogens with zero attached hydrogens (tertiary/aromatic N) is 1. The molecule has 34 heavy (non-hydrogen) atoms. The number of carbonyl (C=O) groups excluding carboxylic acids is 1. The lowest BCUT2D eigenvalue weighted by atomic mass is 9.83. The molecule has 0 saturated carbocycles. The Kier molecular flexibility index (Phi) is 4.66. The summed E-state index contributed by atoms with van der Waals surface area (Å²) in [6, 6.07) is 30.2. The van der Waals surface area contributed by atoms with E-state index in [4.69, 9.17) is 4.98 Å². The molecule has 1 heterocycles. The van der Waals surface area contributed by atoms with Crippen LogP contribution in [0.15, 0.2) is 91.0 Å². The van der Waals surface area contributed by atoms with Crippen molar-refractivity contribution < 1.29 is 4.79 Å². The van der Waals surface area contributed by atoms with Crippen molar-refractivity contribution in [3.63, 3.8) is 0 Å². The van der Waals surface area contributed by atoms with Crippen LogP contribution < -0.4 is 10.6 Å². The van der Waals surface area contributed by atoms with Crippen LogP contribution in [0.5, 0.6) is 0 Å². The van der Waals surface area contributed by atoms with Crippen molar-refractivity contribution in [1.82, 2.24) is 4.98 Å². The first-order chi connectivity index (χ1) is 16.6. The van der Waals surface area contributed by atoms with Crippen molar-refractivity contribution >= 4 is 39.6 Å². The molecule has 5 aromatic rings. The third-order valence-electron chi connectivity index (χ3n) is 6.32. The molecule has 1 aliphatic carbocycles. The highest BCUT2D eigenvalue weighted by Crippen LogP contribution is 2.43. The van der Waals surface area contributed by atoms with E-state index in [-0.39, 0.29) is 5.78 Å². The molecule has 0 aliphatic heterocycles. The number of carbonyl (C=O) groups is 1. The van der Waals surface area contributed by atoms with Crippen molar-refractivity contribution in [2.75, 3.05) is 10.6 Å². The van der Waals surface area contributed by atoms with Crippen molar-refractivity contribution in [1.29, 1.82) is 0 Å². The average Bonchev–Trinajstić information content (AvgIpc) is 2.85. The van der Waals surface area contributed by atoms with Crippen LogP contribution in [0.4, 0.5) is 22.9 Å². The Morgan fingerprint density at radius 1 is 0.647 bits per heavy atom. The fourth-order valence-electron chi connectivity index (χ4n) is 4.57. The Labute approximate surface area is 198 Å². The largest absolute Gasteiger partial charge is 0.355 e. The van der Waals surface area contributed by atoms with Gasteiger partial charge in [-0.2, -0.15) is 0 Å². The molecule has 0 radical (unpaired) electrons. The lowest BCUT2D eigenvalue weighted by Gasteiger charge is -2.23. The zero-order chi connectivity index (χ0) is 23.2. The molecule has 1 aromatic heterocycles. The molecule has 0 bridgehead atoms. The maximum Gasteiger partial charge on any atom is 0.196 e. The summed E-state index contributed by atoms with van der Waals surface area (Å²) in [6.07, 6.45) is 0. The lowest BCUT2D eigenvalue weighted by molar-refractivity contribution is 0.104. The minimum Gasteiger partial charge on any atom is -0.355 e. The predicted octanol–water partition coefficient (Wildman–Crippen LogP) is 7.55. The van der Waals surface area contributed by atoms with Gasteiger partial charge in [0, 0.05) is 22.3 Å². The summed E-state index contributed by atoms with van der Waals surface area (Å²) >= 11 is 0. The number of nitrogens with one attached hydrogen (secondary N) is 2. The summed E-state index contributed by atoms with van der Waals surface area (Å²) in [5, 5.41) is 7.78. The topological polar surface area (TPSA) is 54.0 Å². The number of hydrogen-bond donors (Lipinski definition) is 2. The third-order valence-corrected chi connectivity index (χ3v) is 6.32. The van der Waals surface area contributed by atoms with Crippen LogP contribution in [0.1, 0.15) is 27.0 Å². The molecule has 4 nitrogen and oxygen atoms in total. The normalized spacial score (nSPS) is 11.9. The number of aromatic nitrogens is 1. The van der Waals surface area contributed by atoms with Gasteiger partial charge in [-0.3, -0.25) is 4.79 Å². The second kappa shape index (κ2) is 7.85. The molecule has 4 aromatic carbocycles. The molecule has 6 rings (SSSR count). The van der Waals surface area contributed by atoms with E-state index in [9.17, 15) is 4.79 Å². The summed E-state index contributed by atoms with van der Waals surface area (Å²) in [4.78, 5) is 18.6. The molecule has 0 spiro atoms. The second-order valence-corrected chi connectivity index (χ2v) is 8.79. The Bertz CT molecular complexity index is 1570. The second-order valence-electron chi connectivity index (χ2n) is 8.79. The van der Waals surface area contributed by atoms with Crippen LogP contribution in [0.25, 0.3) is 22.0 Å². The quantitative estimate of drug-likeness (QED) is 0.296. The van der Waals surface area contributed by atoms with Crippen LogP contribution in [-0.4, -0.2) is 10.8 Å². The Morgan fingerprint density at radius 2 is 1.26 bits per heavy atom. The van der Waals surface area contributed by atoms with Crippen molar-refractivity contribution in [2.45, 2.75) is 13.8 Å². The van der Waals surface area contributed by atoms with Crippen LogP contribution in [-0.2, 0) is 0 Å². The summed E-state index contributed by atoms with van der Waals surface area (Å²) in [5.74, 6) is 0.769. The minimum atomic E-state index is 0.0179. The Hall–Kier alpha value is -4.44. The van der Waals surface area contributed by atoms with Gasteiger partial charge in [-0.05, 0) is 67.4 Å². The van der Waals surface area contributed by atoms with Crippen molar-refractivity contribution in [3.8, 4) is 11.1 Å². The first kappa shape index (κ1) is 20.2. The molecular formula is C30H23N3O. The molecule has 4 heteroatoms. The third kappa shape index (κ3) is 3.41. The van der Waals surface area contributed by atoms with Gasteiger partial charge in [0.05, 0.1) is 16.8 Å². The van der Waals surface area contributed by atoms with Gasteiger partial charge < -0.3 is 10.6 Å². The van der Waals surface area contributed by atoms with E-state index in [0.717, 1.165) is 44.9 Å². The number of benzene rings is 4. The average molecular weight is 442 g/mol. The highest BCUT2D eigenvalue weighted by molar-refractivity contribution is 6.28. The van der Waals surface area contributed by atoms with Gasteiger partial charge in [0.2, 0.25) is 0 Å². The maximum atomic E-state index is 13.7. The van der Waals surface area contributed by atoms with E-state index in [1.165, 1.54) is 11.1 Å². The van der Waals surface area contributed by atoms with Crippen LogP contribution in [0, 0.1) is 13.8 Å². The zero-order valence-electron chi connectivity index (χ0n) is 19.0. The van der Waals surface area contributed by atoms with Gasteiger partial charge in [-0.1, -0.05) is 59.7 Å². The summed E-state index contributed by atoms with van der Waals surface area (Å²) < 4.78 is 0. The highest BCUT2D eigenvalue weighted by Gasteiger charge is 2.28. The van der Waals surface area contributed by atoms with Gasteiger partial charge in [-0.25, -0.2) is 4.98 Å². The smallest absolute Gasteiger partial charge is 0.196 e. The number of ketones is 1. The van der Waals surface area contributed by atoms with Crippen LogP contribution in [0.2, 0.25) is 0 Å². The van der Waals surface area contributed by atoms with Crippen LogP contribution in [0.3, 0.4) is 0 Å². The predicted molar refractivity (Wildman–Crippen MR) is 140 cm³/mol. The number of aryl methyl sites for hydroxylation is 2. The first-order valence-corrected chi connectivity index (χ1v) is 11.4. The number of hydrogen-bond acceptors (Lipinski definition) is 4. The van der Waals surface area contributed by atoms with Gasteiger partial charge >= 0.3 is 0 Å². The lowest BCUT2D eigenvalue weighted by Crippen LogP contribution is -2.13. The molecule has 2 N–H and O–H groups in total. The fourth-order valence-corrected chi connectivity index (χ4v) is 4.57. The van der Waals surface area contributed by atoms with E-state index < -0.39 is 0 Å². The number of rotatable bonds is 4. The first-order valence-electron chi connectivity index (χ1n) is 11.4. The summed E-state index contributed by atoms with van der Waals surface area (Å²) in [7, 11) is 0. The Balaban J connectivity index is 1.54. The van der Waals surface area contributed by atoms with E-state index in [1.54, 1.807) is 0 Å². The Morgan fingerprint density at radius 3 is 1.94 bits per heavy atom. The molecule has 0 saturated heterocycles. The van der Waals surface area contributed by atoms with Gasteiger partial charge in [0.25, 0.3) is 0 Å². The zero-order valence-corrected chi connectivity index (χ0v) is 19.0. The molecule has 164 valence electrons. The fraction of sp³-hybridized carbons (Fsp3) is 0.0667. The van der Waals surface area contributed by atoms with E-state index >= 15 is 0 Å². The van der Waals surface area contributed by atoms with Crippen LogP contribution >= 0.6 is 0 Å². The van der Waals surface area contributed by atoms with E-state index in [2.05, 4.69) is 48.7 Å². The number of pyridine rings is 1. The van der Waals surface area contributed by atoms with Gasteiger partial charge in [0.15, 0.2) is 5.78 Å². The van der Waals surface area contributed by atoms with E-state index in [0.29, 0.717) is 11.1 Å². The molecule has 0 unspecified atom stereocenters. The molecule has 0 fully saturated rings. The monoisotopic (exact) mass is 441 g/mol. The maximum absolute atomic E-state index is 13.7. The molecule has 1 aliphatic rings. The molecule has 0 atom stereocenters.